The molecule has 0 aliphatic heterocycles. The number of benzene rings is 2. The first kappa shape index (κ1) is 16.2. The second kappa shape index (κ2) is 6.45. The molecule has 0 spiro atoms. The number of nitrogens with zero attached hydrogens (tertiary/aromatic N) is 2. The molecular formula is C16H12ClF2N3O2. The van der Waals surface area contributed by atoms with Gasteiger partial charge in [0, 0.05) is 17.3 Å². The SMILES string of the molecule is O=C(Cn1cnc2ccccc21)Nc1ccc(OC(F)(F)Cl)cc1. The van der Waals surface area contributed by atoms with Gasteiger partial charge in [-0.1, -0.05) is 12.1 Å². The quantitative estimate of drug-likeness (QED) is 0.710. The van der Waals surface area contributed by atoms with Gasteiger partial charge in [-0.05, 0) is 36.4 Å². The number of para-hydroxylation sites is 2. The van der Waals surface area contributed by atoms with Crippen molar-refractivity contribution in [3.05, 3.63) is 54.9 Å². The van der Waals surface area contributed by atoms with Crippen LogP contribution >= 0.6 is 11.6 Å². The highest BCUT2D eigenvalue weighted by molar-refractivity contribution is 6.20. The van der Waals surface area contributed by atoms with Crippen LogP contribution in [0.2, 0.25) is 0 Å². The van der Waals surface area contributed by atoms with Crippen LogP contribution in [0.5, 0.6) is 5.75 Å². The minimum atomic E-state index is -3.77. The first-order chi connectivity index (χ1) is 11.4. The zero-order valence-corrected chi connectivity index (χ0v) is 13.0. The van der Waals surface area contributed by atoms with E-state index >= 15 is 0 Å². The Morgan fingerprint density at radius 3 is 2.62 bits per heavy atom. The average Bonchev–Trinajstić information content (AvgIpc) is 2.91. The fourth-order valence-corrected chi connectivity index (χ4v) is 2.32. The van der Waals surface area contributed by atoms with Crippen molar-refractivity contribution in [1.29, 1.82) is 0 Å². The number of anilines is 1. The fraction of sp³-hybridized carbons (Fsp3) is 0.125. The Balaban J connectivity index is 1.64. The molecule has 1 heterocycles. The second-order valence-corrected chi connectivity index (χ2v) is 5.42. The Bertz CT molecular complexity index is 860. The zero-order chi connectivity index (χ0) is 17.2. The number of aromatic nitrogens is 2. The van der Waals surface area contributed by atoms with Gasteiger partial charge in [0.1, 0.15) is 12.3 Å². The third-order valence-electron chi connectivity index (χ3n) is 3.21. The molecule has 0 aliphatic carbocycles. The summed E-state index contributed by atoms with van der Waals surface area (Å²) in [4.78, 5) is 16.3. The van der Waals surface area contributed by atoms with E-state index in [1.165, 1.54) is 24.3 Å². The molecule has 0 bridgehead atoms. The first-order valence-electron chi connectivity index (χ1n) is 6.96. The molecule has 8 heteroatoms. The number of rotatable bonds is 5. The van der Waals surface area contributed by atoms with Crippen LogP contribution in [0.4, 0.5) is 14.5 Å². The molecule has 3 aromatic rings. The maximum Gasteiger partial charge on any atom is 0.487 e. The molecule has 0 fully saturated rings. The minimum absolute atomic E-state index is 0.0819. The first-order valence-corrected chi connectivity index (χ1v) is 7.34. The third kappa shape index (κ3) is 3.99. The van der Waals surface area contributed by atoms with Gasteiger partial charge in [0.15, 0.2) is 0 Å². The van der Waals surface area contributed by atoms with Crippen molar-refractivity contribution < 1.29 is 18.3 Å². The lowest BCUT2D eigenvalue weighted by molar-refractivity contribution is -0.116. The van der Waals surface area contributed by atoms with Gasteiger partial charge in [-0.3, -0.25) is 4.79 Å². The van der Waals surface area contributed by atoms with Crippen molar-refractivity contribution in [2.45, 2.75) is 12.1 Å². The highest BCUT2D eigenvalue weighted by Crippen LogP contribution is 2.25. The van der Waals surface area contributed by atoms with Crippen LogP contribution in [0.3, 0.4) is 0 Å². The van der Waals surface area contributed by atoms with Gasteiger partial charge in [0.05, 0.1) is 17.4 Å². The van der Waals surface area contributed by atoms with Crippen molar-refractivity contribution in [1.82, 2.24) is 9.55 Å². The standard InChI is InChI=1S/C16H12ClF2N3O2/c17-16(18,19)24-12-7-5-11(6-8-12)21-15(23)9-22-10-20-13-3-1-2-4-14(13)22/h1-8,10H,9H2,(H,21,23). The molecule has 2 aromatic carbocycles. The summed E-state index contributed by atoms with van der Waals surface area (Å²) in [6.45, 7) is 0.0819. The third-order valence-corrected chi connectivity index (χ3v) is 3.29. The molecule has 0 atom stereocenters. The Morgan fingerprint density at radius 2 is 1.92 bits per heavy atom. The molecule has 0 unspecified atom stereocenters. The number of amides is 1. The van der Waals surface area contributed by atoms with E-state index in [0.29, 0.717) is 5.69 Å². The summed E-state index contributed by atoms with van der Waals surface area (Å²) in [5.41, 5.74) is -1.67. The minimum Gasteiger partial charge on any atom is -0.420 e. The van der Waals surface area contributed by atoms with Crippen LogP contribution in [0, 0.1) is 0 Å². The molecule has 0 radical (unpaired) electrons. The number of halogens is 3. The zero-order valence-electron chi connectivity index (χ0n) is 12.2. The number of hydrogen-bond donors (Lipinski definition) is 1. The molecule has 124 valence electrons. The van der Waals surface area contributed by atoms with Gasteiger partial charge in [-0.15, -0.1) is 8.78 Å². The van der Waals surface area contributed by atoms with Crippen LogP contribution in [0.15, 0.2) is 54.9 Å². The largest absolute Gasteiger partial charge is 0.487 e. The van der Waals surface area contributed by atoms with Crippen LogP contribution in [0.25, 0.3) is 11.0 Å². The molecule has 0 aliphatic rings. The molecule has 1 amide bonds. The predicted molar refractivity (Wildman–Crippen MR) is 86.2 cm³/mol. The van der Waals surface area contributed by atoms with E-state index < -0.39 is 5.57 Å². The van der Waals surface area contributed by atoms with E-state index in [2.05, 4.69) is 26.6 Å². The summed E-state index contributed by atoms with van der Waals surface area (Å²) in [7, 11) is 0. The predicted octanol–water partition coefficient (Wildman–Crippen LogP) is 3.84. The van der Waals surface area contributed by atoms with E-state index in [4.69, 9.17) is 0 Å². The Labute approximate surface area is 140 Å². The number of hydrogen-bond acceptors (Lipinski definition) is 3. The van der Waals surface area contributed by atoms with Crippen LogP contribution in [-0.4, -0.2) is 21.0 Å². The number of fused-ring (bicyclic) bond motifs is 1. The number of carbonyl (C=O) groups excluding carboxylic acids is 1. The lowest BCUT2D eigenvalue weighted by Gasteiger charge is -2.11. The molecule has 1 N–H and O–H groups in total. The van der Waals surface area contributed by atoms with E-state index in [1.807, 2.05) is 24.3 Å². The number of alkyl halides is 3. The van der Waals surface area contributed by atoms with E-state index in [0.717, 1.165) is 11.0 Å². The Morgan fingerprint density at radius 1 is 1.21 bits per heavy atom. The molecule has 0 saturated carbocycles. The lowest BCUT2D eigenvalue weighted by atomic mass is 10.3. The van der Waals surface area contributed by atoms with E-state index in [1.54, 1.807) is 10.9 Å². The Hall–Kier alpha value is -2.67. The molecular weight excluding hydrogens is 340 g/mol. The summed E-state index contributed by atoms with van der Waals surface area (Å²) in [6, 6.07) is 12.9. The molecule has 3 rings (SSSR count). The topological polar surface area (TPSA) is 56.2 Å². The lowest BCUT2D eigenvalue weighted by Crippen LogP contribution is -2.18. The summed E-state index contributed by atoms with van der Waals surface area (Å²) < 4.78 is 31.0. The second-order valence-electron chi connectivity index (χ2n) is 4.98. The van der Waals surface area contributed by atoms with Gasteiger partial charge in [-0.2, -0.15) is 0 Å². The summed E-state index contributed by atoms with van der Waals surface area (Å²) >= 11 is 4.69. The summed E-state index contributed by atoms with van der Waals surface area (Å²) in [6.07, 6.45) is 1.59. The van der Waals surface area contributed by atoms with Crippen molar-refractivity contribution in [3.63, 3.8) is 0 Å². The van der Waals surface area contributed by atoms with Crippen LogP contribution in [0.1, 0.15) is 0 Å². The van der Waals surface area contributed by atoms with Gasteiger partial charge in [0.25, 0.3) is 0 Å². The monoisotopic (exact) mass is 351 g/mol. The highest BCUT2D eigenvalue weighted by atomic mass is 35.5. The highest BCUT2D eigenvalue weighted by Gasteiger charge is 2.27. The van der Waals surface area contributed by atoms with Gasteiger partial charge >= 0.3 is 5.57 Å². The molecule has 24 heavy (non-hydrogen) atoms. The summed E-state index contributed by atoms with van der Waals surface area (Å²) in [5.74, 6) is -0.372. The fourth-order valence-electron chi connectivity index (χ4n) is 2.23. The maximum atomic E-state index is 12.5. The van der Waals surface area contributed by atoms with Gasteiger partial charge in [-0.25, -0.2) is 4.98 Å². The summed E-state index contributed by atoms with van der Waals surface area (Å²) in [5, 5.41) is 2.67. The van der Waals surface area contributed by atoms with Gasteiger partial charge in [0.2, 0.25) is 5.91 Å². The molecule has 0 saturated heterocycles. The number of ether oxygens (including phenoxy) is 1. The van der Waals surface area contributed by atoms with Crippen molar-refractivity contribution in [3.8, 4) is 5.75 Å². The van der Waals surface area contributed by atoms with Crippen molar-refractivity contribution in [2.24, 2.45) is 0 Å². The van der Waals surface area contributed by atoms with Crippen molar-refractivity contribution in [2.75, 3.05) is 5.32 Å². The van der Waals surface area contributed by atoms with E-state index in [-0.39, 0.29) is 18.2 Å². The normalized spacial score (nSPS) is 11.5. The number of imidazole rings is 1. The molecule has 5 nitrogen and oxygen atoms in total. The van der Waals surface area contributed by atoms with Gasteiger partial charge < -0.3 is 14.6 Å². The average molecular weight is 352 g/mol. The molecule has 1 aromatic heterocycles. The Kier molecular flexibility index (Phi) is 4.35. The van der Waals surface area contributed by atoms with Crippen molar-refractivity contribution >= 4 is 34.2 Å². The van der Waals surface area contributed by atoms with E-state index in [9.17, 15) is 13.6 Å². The smallest absolute Gasteiger partial charge is 0.420 e. The van der Waals surface area contributed by atoms with Crippen LogP contribution < -0.4 is 10.1 Å². The van der Waals surface area contributed by atoms with Crippen LogP contribution in [-0.2, 0) is 11.3 Å². The maximum absolute atomic E-state index is 12.5. The number of carbonyl (C=O) groups is 1. The number of nitrogens with one attached hydrogen (secondary N) is 1.